The molecule has 10 nitrogen and oxygen atoms in total. The highest BCUT2D eigenvalue weighted by Crippen LogP contribution is 2.23. The molecule has 0 fully saturated rings. The summed E-state index contributed by atoms with van der Waals surface area (Å²) in [5.41, 5.74) is 7.59. The molecule has 2 aromatic carbocycles. The number of rotatable bonds is 9. The van der Waals surface area contributed by atoms with Crippen LogP contribution in [-0.4, -0.2) is 20.8 Å². The van der Waals surface area contributed by atoms with Gasteiger partial charge >= 0.3 is 0 Å². The molecule has 0 aliphatic rings. The largest absolute Gasteiger partial charge is 0.489 e. The number of carbonyl (C=O) groups is 1. The lowest BCUT2D eigenvalue weighted by Crippen LogP contribution is -2.23. The number of nitrogens with zero attached hydrogens (tertiary/aromatic N) is 3. The van der Waals surface area contributed by atoms with Crippen LogP contribution in [0.5, 0.6) is 17.4 Å². The molecule has 0 saturated heterocycles. The van der Waals surface area contributed by atoms with Gasteiger partial charge in [-0.15, -0.1) is 0 Å². The fourth-order valence-electron chi connectivity index (χ4n) is 3.11. The summed E-state index contributed by atoms with van der Waals surface area (Å²) in [5.74, 6) is 1.56. The summed E-state index contributed by atoms with van der Waals surface area (Å²) in [6.45, 7) is 0.515. The van der Waals surface area contributed by atoms with Crippen LogP contribution in [-0.2, 0) is 13.2 Å². The summed E-state index contributed by atoms with van der Waals surface area (Å²) in [7, 11) is 0. The lowest BCUT2D eigenvalue weighted by Gasteiger charge is -2.09. The fourth-order valence-corrected chi connectivity index (χ4v) is 3.11. The van der Waals surface area contributed by atoms with Crippen LogP contribution in [0.4, 0.5) is 11.5 Å². The van der Waals surface area contributed by atoms with Crippen molar-refractivity contribution in [3.8, 4) is 17.4 Å². The van der Waals surface area contributed by atoms with Gasteiger partial charge in [-0.05, 0) is 53.6 Å². The van der Waals surface area contributed by atoms with E-state index in [1.807, 2.05) is 0 Å². The van der Waals surface area contributed by atoms with Crippen LogP contribution in [0.1, 0.15) is 21.5 Å². The third-order valence-corrected chi connectivity index (χ3v) is 4.87. The van der Waals surface area contributed by atoms with Gasteiger partial charge in [-0.2, -0.15) is 0 Å². The molecule has 0 atom stereocenters. The number of ether oxygens (including phenoxy) is 2. The van der Waals surface area contributed by atoms with Gasteiger partial charge in [0.25, 0.3) is 11.6 Å². The second kappa shape index (κ2) is 10.8. The quantitative estimate of drug-likeness (QED) is 0.272. The molecule has 0 bridgehead atoms. The van der Waals surface area contributed by atoms with Crippen molar-refractivity contribution in [1.29, 1.82) is 0 Å². The van der Waals surface area contributed by atoms with Crippen LogP contribution < -0.4 is 20.5 Å². The number of nitro groups is 1. The number of pyridine rings is 2. The molecular formula is C25H21N5O5. The van der Waals surface area contributed by atoms with E-state index in [1.165, 1.54) is 18.3 Å². The van der Waals surface area contributed by atoms with Gasteiger partial charge < -0.3 is 20.5 Å². The van der Waals surface area contributed by atoms with Gasteiger partial charge in [-0.25, -0.2) is 9.97 Å². The predicted octanol–water partition coefficient (Wildman–Crippen LogP) is 4.27. The minimum absolute atomic E-state index is 0.0183. The summed E-state index contributed by atoms with van der Waals surface area (Å²) < 4.78 is 11.4. The zero-order valence-electron chi connectivity index (χ0n) is 18.5. The molecule has 0 aliphatic carbocycles. The number of nitrogens with one attached hydrogen (secondary N) is 1. The zero-order chi connectivity index (χ0) is 24.6. The third-order valence-electron chi connectivity index (χ3n) is 4.87. The van der Waals surface area contributed by atoms with Crippen LogP contribution in [0, 0.1) is 10.1 Å². The van der Waals surface area contributed by atoms with E-state index >= 15 is 0 Å². The number of nitro benzene ring substituents is 1. The monoisotopic (exact) mass is 471 g/mol. The van der Waals surface area contributed by atoms with Crippen molar-refractivity contribution in [3.63, 3.8) is 0 Å². The van der Waals surface area contributed by atoms with Gasteiger partial charge in [-0.1, -0.05) is 12.1 Å². The second-order valence-electron chi connectivity index (χ2n) is 7.45. The molecule has 2 heterocycles. The van der Waals surface area contributed by atoms with Crippen molar-refractivity contribution < 1.29 is 19.2 Å². The molecule has 3 N–H and O–H groups in total. The normalized spacial score (nSPS) is 10.4. The van der Waals surface area contributed by atoms with Crippen LogP contribution in [0.25, 0.3) is 0 Å². The number of carbonyl (C=O) groups excluding carboxylic acids is 1. The van der Waals surface area contributed by atoms with Gasteiger partial charge in [-0.3, -0.25) is 14.9 Å². The van der Waals surface area contributed by atoms with Gasteiger partial charge in [0.2, 0.25) is 5.88 Å². The molecule has 176 valence electrons. The Morgan fingerprint density at radius 3 is 2.49 bits per heavy atom. The Hall–Kier alpha value is -4.99. The summed E-state index contributed by atoms with van der Waals surface area (Å²) in [5, 5.41) is 13.7. The van der Waals surface area contributed by atoms with Crippen LogP contribution in [0.2, 0.25) is 0 Å². The smallest absolute Gasteiger partial charge is 0.269 e. The van der Waals surface area contributed by atoms with Crippen molar-refractivity contribution in [1.82, 2.24) is 15.3 Å². The average molecular weight is 471 g/mol. The second-order valence-corrected chi connectivity index (χ2v) is 7.45. The molecule has 0 aliphatic heterocycles. The van der Waals surface area contributed by atoms with Crippen molar-refractivity contribution in [2.24, 2.45) is 0 Å². The summed E-state index contributed by atoms with van der Waals surface area (Å²) >= 11 is 0. The number of nitrogen functional groups attached to an aromatic ring is 1. The highest BCUT2D eigenvalue weighted by Gasteiger charge is 2.09. The minimum atomic E-state index is -0.443. The molecule has 2 aromatic heterocycles. The first-order valence-electron chi connectivity index (χ1n) is 10.5. The number of aromatic nitrogens is 2. The summed E-state index contributed by atoms with van der Waals surface area (Å²) in [6, 6.07) is 19.8. The van der Waals surface area contributed by atoms with Gasteiger partial charge in [0.15, 0.2) is 0 Å². The SMILES string of the molecule is Nc1cc(CNC(=O)c2ccc(Oc3ccc(OCc4cccc([N+](=O)[O-])c4)cc3)nc2)ccn1. The summed E-state index contributed by atoms with van der Waals surface area (Å²) in [4.78, 5) is 30.9. The Kier molecular flexibility index (Phi) is 7.12. The average Bonchev–Trinajstić information content (AvgIpc) is 2.87. The lowest BCUT2D eigenvalue weighted by atomic mass is 10.2. The van der Waals surface area contributed by atoms with Crippen molar-refractivity contribution in [2.45, 2.75) is 13.2 Å². The highest BCUT2D eigenvalue weighted by atomic mass is 16.6. The fraction of sp³-hybridized carbons (Fsp3) is 0.0800. The standard InChI is InChI=1S/C25H21N5O5/c26-23-13-17(10-11-27-23)14-29-25(31)19-4-9-24(28-15-19)35-22-7-5-21(6-8-22)34-16-18-2-1-3-20(12-18)30(32)33/h1-13,15H,14,16H2,(H2,26,27)(H,29,31). The lowest BCUT2D eigenvalue weighted by molar-refractivity contribution is -0.384. The number of benzene rings is 2. The van der Waals surface area contributed by atoms with Crippen LogP contribution in [0.15, 0.2) is 85.2 Å². The van der Waals surface area contributed by atoms with Crippen molar-refractivity contribution in [2.75, 3.05) is 5.73 Å². The van der Waals surface area contributed by atoms with Crippen LogP contribution in [0.3, 0.4) is 0 Å². The zero-order valence-corrected chi connectivity index (χ0v) is 18.5. The Morgan fingerprint density at radius 1 is 0.971 bits per heavy atom. The molecule has 0 radical (unpaired) electrons. The van der Waals surface area contributed by atoms with Gasteiger partial charge in [0.05, 0.1) is 10.5 Å². The van der Waals surface area contributed by atoms with E-state index in [4.69, 9.17) is 15.2 Å². The van der Waals surface area contributed by atoms with E-state index in [0.717, 1.165) is 5.56 Å². The van der Waals surface area contributed by atoms with E-state index in [-0.39, 0.29) is 18.2 Å². The Balaban J connectivity index is 1.28. The number of amides is 1. The van der Waals surface area contributed by atoms with E-state index in [2.05, 4.69) is 15.3 Å². The van der Waals surface area contributed by atoms with Gasteiger partial charge in [0, 0.05) is 37.1 Å². The first-order valence-corrected chi connectivity index (χ1v) is 10.5. The third kappa shape index (κ3) is 6.51. The van der Waals surface area contributed by atoms with E-state index in [0.29, 0.717) is 40.9 Å². The van der Waals surface area contributed by atoms with Crippen LogP contribution >= 0.6 is 0 Å². The number of hydrogen-bond donors (Lipinski definition) is 2. The molecule has 0 spiro atoms. The maximum absolute atomic E-state index is 12.3. The number of nitrogens with two attached hydrogens (primary N) is 1. The molecule has 0 unspecified atom stereocenters. The maximum atomic E-state index is 12.3. The summed E-state index contributed by atoms with van der Waals surface area (Å²) in [6.07, 6.45) is 3.02. The Bertz CT molecular complexity index is 1330. The predicted molar refractivity (Wildman–Crippen MR) is 128 cm³/mol. The Labute approximate surface area is 200 Å². The minimum Gasteiger partial charge on any atom is -0.489 e. The molecule has 0 saturated carbocycles. The molecule has 10 heteroatoms. The van der Waals surface area contributed by atoms with E-state index < -0.39 is 4.92 Å². The topological polar surface area (TPSA) is 142 Å². The molecule has 4 rings (SSSR count). The van der Waals surface area contributed by atoms with E-state index in [9.17, 15) is 14.9 Å². The molecule has 4 aromatic rings. The first-order chi connectivity index (χ1) is 17.0. The highest BCUT2D eigenvalue weighted by molar-refractivity contribution is 5.93. The molecular weight excluding hydrogens is 450 g/mol. The Morgan fingerprint density at radius 2 is 1.77 bits per heavy atom. The number of hydrogen-bond acceptors (Lipinski definition) is 8. The van der Waals surface area contributed by atoms with Gasteiger partial charge in [0.1, 0.15) is 23.9 Å². The first kappa shape index (κ1) is 23.2. The van der Waals surface area contributed by atoms with E-state index in [1.54, 1.807) is 66.9 Å². The van der Waals surface area contributed by atoms with Crippen molar-refractivity contribution in [3.05, 3.63) is 112 Å². The van der Waals surface area contributed by atoms with Crippen molar-refractivity contribution >= 4 is 17.4 Å². The molecule has 1 amide bonds. The maximum Gasteiger partial charge on any atom is 0.269 e. The molecule has 35 heavy (non-hydrogen) atoms. The number of non-ortho nitro benzene ring substituents is 1. The number of anilines is 1.